The summed E-state index contributed by atoms with van der Waals surface area (Å²) in [5.74, 6) is 0.120. The Bertz CT molecular complexity index is 537. The zero-order valence-electron chi connectivity index (χ0n) is 11.5. The van der Waals surface area contributed by atoms with E-state index in [1.54, 1.807) is 6.20 Å². The number of hydrogen-bond acceptors (Lipinski definition) is 3. The Kier molecular flexibility index (Phi) is 4.51. The standard InChI is InChI=1S/C16H21NO2/c1-3-11(4-2)15(18)16(19)13-8-7-12-6-5-9-17-14(12)10-13/h5-11,15-16,18-19H,3-4H2,1-2H3. The SMILES string of the molecule is CCC(CC)C(O)C(O)c1ccc2cccnc2c1. The van der Waals surface area contributed by atoms with Gasteiger partial charge in [-0.3, -0.25) is 4.98 Å². The Morgan fingerprint density at radius 1 is 1.11 bits per heavy atom. The number of pyridine rings is 1. The molecule has 2 rings (SSSR count). The number of hydrogen-bond donors (Lipinski definition) is 2. The summed E-state index contributed by atoms with van der Waals surface area (Å²) >= 11 is 0. The van der Waals surface area contributed by atoms with Gasteiger partial charge in [0.25, 0.3) is 0 Å². The lowest BCUT2D eigenvalue weighted by molar-refractivity contribution is -0.0209. The molecule has 0 aliphatic rings. The van der Waals surface area contributed by atoms with Crippen molar-refractivity contribution in [1.82, 2.24) is 4.98 Å². The van der Waals surface area contributed by atoms with Crippen molar-refractivity contribution in [2.75, 3.05) is 0 Å². The fourth-order valence-corrected chi connectivity index (χ4v) is 2.49. The number of aliphatic hydroxyl groups is 2. The van der Waals surface area contributed by atoms with E-state index in [0.29, 0.717) is 0 Å². The van der Waals surface area contributed by atoms with Gasteiger partial charge >= 0.3 is 0 Å². The number of rotatable bonds is 5. The summed E-state index contributed by atoms with van der Waals surface area (Å²) < 4.78 is 0. The molecule has 3 heteroatoms. The van der Waals surface area contributed by atoms with Gasteiger partial charge in [-0.2, -0.15) is 0 Å². The first-order chi connectivity index (χ1) is 9.17. The van der Waals surface area contributed by atoms with Crippen molar-refractivity contribution in [1.29, 1.82) is 0 Å². The molecule has 0 radical (unpaired) electrons. The molecule has 0 bridgehead atoms. The molecule has 0 spiro atoms. The van der Waals surface area contributed by atoms with E-state index in [4.69, 9.17) is 0 Å². The fourth-order valence-electron chi connectivity index (χ4n) is 2.49. The van der Waals surface area contributed by atoms with Gasteiger partial charge in [0.2, 0.25) is 0 Å². The third kappa shape index (κ3) is 2.94. The van der Waals surface area contributed by atoms with Crippen LogP contribution in [-0.2, 0) is 0 Å². The number of benzene rings is 1. The van der Waals surface area contributed by atoms with E-state index in [1.807, 2.05) is 44.2 Å². The molecule has 1 heterocycles. The molecule has 1 aromatic heterocycles. The van der Waals surface area contributed by atoms with Crippen molar-refractivity contribution >= 4 is 10.9 Å². The summed E-state index contributed by atoms with van der Waals surface area (Å²) in [7, 11) is 0. The zero-order chi connectivity index (χ0) is 13.8. The molecular formula is C16H21NO2. The van der Waals surface area contributed by atoms with Crippen molar-refractivity contribution in [2.45, 2.75) is 38.9 Å². The Labute approximate surface area is 113 Å². The van der Waals surface area contributed by atoms with Crippen LogP contribution in [0.3, 0.4) is 0 Å². The van der Waals surface area contributed by atoms with E-state index < -0.39 is 12.2 Å². The van der Waals surface area contributed by atoms with E-state index in [2.05, 4.69) is 4.98 Å². The molecule has 0 fully saturated rings. The second kappa shape index (κ2) is 6.13. The lowest BCUT2D eigenvalue weighted by Gasteiger charge is -2.25. The summed E-state index contributed by atoms with van der Waals surface area (Å²) in [5.41, 5.74) is 1.57. The van der Waals surface area contributed by atoms with Gasteiger partial charge in [0, 0.05) is 11.6 Å². The molecule has 1 aromatic carbocycles. The van der Waals surface area contributed by atoms with Gasteiger partial charge in [-0.1, -0.05) is 44.9 Å². The third-order valence-electron chi connectivity index (χ3n) is 3.83. The van der Waals surface area contributed by atoms with Crippen molar-refractivity contribution < 1.29 is 10.2 Å². The van der Waals surface area contributed by atoms with Crippen LogP contribution in [0.15, 0.2) is 36.5 Å². The van der Waals surface area contributed by atoms with Crippen LogP contribution in [0.4, 0.5) is 0 Å². The van der Waals surface area contributed by atoms with Crippen molar-refractivity contribution in [2.24, 2.45) is 5.92 Å². The Morgan fingerprint density at radius 3 is 2.53 bits per heavy atom. The van der Waals surface area contributed by atoms with Crippen molar-refractivity contribution in [3.05, 3.63) is 42.1 Å². The molecule has 0 aliphatic heterocycles. The molecule has 102 valence electrons. The largest absolute Gasteiger partial charge is 0.390 e. The van der Waals surface area contributed by atoms with Crippen LogP contribution in [0, 0.1) is 5.92 Å². The summed E-state index contributed by atoms with van der Waals surface area (Å²) in [6.45, 7) is 4.07. The molecule has 19 heavy (non-hydrogen) atoms. The van der Waals surface area contributed by atoms with E-state index in [9.17, 15) is 10.2 Å². The maximum absolute atomic E-state index is 10.3. The average Bonchev–Trinajstić information content (AvgIpc) is 2.47. The number of aliphatic hydroxyl groups excluding tert-OH is 2. The Hall–Kier alpha value is -1.45. The minimum Gasteiger partial charge on any atom is -0.390 e. The molecule has 0 amide bonds. The Morgan fingerprint density at radius 2 is 1.84 bits per heavy atom. The van der Waals surface area contributed by atoms with Gasteiger partial charge in [-0.25, -0.2) is 0 Å². The normalized spacial score (nSPS) is 14.8. The first kappa shape index (κ1) is 14.0. The van der Waals surface area contributed by atoms with Gasteiger partial charge in [0.1, 0.15) is 6.10 Å². The highest BCUT2D eigenvalue weighted by atomic mass is 16.3. The Balaban J connectivity index is 2.28. The molecule has 2 N–H and O–H groups in total. The summed E-state index contributed by atoms with van der Waals surface area (Å²) in [4.78, 5) is 4.28. The lowest BCUT2D eigenvalue weighted by atomic mass is 9.89. The minimum atomic E-state index is -0.851. The van der Waals surface area contributed by atoms with Gasteiger partial charge < -0.3 is 10.2 Å². The van der Waals surface area contributed by atoms with E-state index in [0.717, 1.165) is 29.3 Å². The molecule has 0 saturated carbocycles. The maximum atomic E-state index is 10.3. The van der Waals surface area contributed by atoms with E-state index in [-0.39, 0.29) is 5.92 Å². The molecule has 2 aromatic rings. The number of nitrogens with zero attached hydrogens (tertiary/aromatic N) is 1. The topological polar surface area (TPSA) is 53.4 Å². The van der Waals surface area contributed by atoms with E-state index in [1.165, 1.54) is 0 Å². The van der Waals surface area contributed by atoms with Crippen LogP contribution in [0.2, 0.25) is 0 Å². The molecule has 3 nitrogen and oxygen atoms in total. The molecule has 2 unspecified atom stereocenters. The summed E-state index contributed by atoms with van der Waals surface area (Å²) in [6, 6.07) is 9.51. The van der Waals surface area contributed by atoms with Crippen LogP contribution in [-0.4, -0.2) is 21.3 Å². The monoisotopic (exact) mass is 259 g/mol. The van der Waals surface area contributed by atoms with Crippen LogP contribution in [0.5, 0.6) is 0 Å². The fraction of sp³-hybridized carbons (Fsp3) is 0.438. The predicted molar refractivity (Wildman–Crippen MR) is 76.8 cm³/mol. The number of aromatic nitrogens is 1. The first-order valence-corrected chi connectivity index (χ1v) is 6.88. The minimum absolute atomic E-state index is 0.120. The second-order valence-corrected chi connectivity index (χ2v) is 4.97. The summed E-state index contributed by atoms with van der Waals surface area (Å²) in [6.07, 6.45) is 1.88. The molecular weight excluding hydrogens is 238 g/mol. The average molecular weight is 259 g/mol. The molecule has 2 atom stereocenters. The van der Waals surface area contributed by atoms with Gasteiger partial charge in [0.05, 0.1) is 11.6 Å². The van der Waals surface area contributed by atoms with Crippen LogP contribution < -0.4 is 0 Å². The van der Waals surface area contributed by atoms with Gasteiger partial charge in [-0.05, 0) is 23.6 Å². The molecule has 0 saturated heterocycles. The highest BCUT2D eigenvalue weighted by Crippen LogP contribution is 2.27. The number of fused-ring (bicyclic) bond motifs is 1. The van der Waals surface area contributed by atoms with Crippen molar-refractivity contribution in [3.8, 4) is 0 Å². The predicted octanol–water partition coefficient (Wildman–Crippen LogP) is 3.07. The lowest BCUT2D eigenvalue weighted by Crippen LogP contribution is -2.27. The zero-order valence-corrected chi connectivity index (χ0v) is 11.5. The van der Waals surface area contributed by atoms with Crippen molar-refractivity contribution in [3.63, 3.8) is 0 Å². The maximum Gasteiger partial charge on any atom is 0.105 e. The highest BCUT2D eigenvalue weighted by molar-refractivity contribution is 5.78. The summed E-state index contributed by atoms with van der Waals surface area (Å²) in [5, 5.41) is 21.6. The van der Waals surface area contributed by atoms with Crippen LogP contribution >= 0.6 is 0 Å². The van der Waals surface area contributed by atoms with Crippen LogP contribution in [0.25, 0.3) is 10.9 Å². The molecule has 0 aliphatic carbocycles. The quantitative estimate of drug-likeness (QED) is 0.867. The smallest absolute Gasteiger partial charge is 0.105 e. The van der Waals surface area contributed by atoms with Crippen LogP contribution in [0.1, 0.15) is 38.4 Å². The van der Waals surface area contributed by atoms with Gasteiger partial charge in [-0.15, -0.1) is 0 Å². The van der Waals surface area contributed by atoms with E-state index >= 15 is 0 Å². The second-order valence-electron chi connectivity index (χ2n) is 4.97. The first-order valence-electron chi connectivity index (χ1n) is 6.88. The third-order valence-corrected chi connectivity index (χ3v) is 3.83. The highest BCUT2D eigenvalue weighted by Gasteiger charge is 2.25. The van der Waals surface area contributed by atoms with Gasteiger partial charge in [0.15, 0.2) is 0 Å².